The van der Waals surface area contributed by atoms with Crippen molar-refractivity contribution < 1.29 is 4.79 Å². The van der Waals surface area contributed by atoms with Crippen molar-refractivity contribution in [2.24, 2.45) is 0 Å². The number of hydrogen-bond acceptors (Lipinski definition) is 4. The number of nitrogens with one attached hydrogen (secondary N) is 1. The van der Waals surface area contributed by atoms with Crippen LogP contribution >= 0.6 is 11.3 Å². The van der Waals surface area contributed by atoms with Gasteiger partial charge in [-0.3, -0.25) is 4.79 Å². The monoisotopic (exact) mass is 366 g/mol. The molecule has 2 aromatic heterocycles. The highest BCUT2D eigenvalue weighted by molar-refractivity contribution is 7.16. The Hall–Kier alpha value is -2.60. The van der Waals surface area contributed by atoms with Crippen LogP contribution < -0.4 is 10.2 Å². The standard InChI is InChI=1S/C20H22N4OS/c1-15-18(26-20(22-15)23-11-5-6-12-23)19(25)21-14-17-10-7-13-24(17)16-8-3-2-4-9-16/h2-6,8-9,11-12,17H,7,10,13-14H2,1H3,(H,21,25)/t17-/m0/s1. The van der Waals surface area contributed by atoms with Crippen LogP contribution in [0.5, 0.6) is 0 Å². The third-order valence-corrected chi connectivity index (χ3v) is 5.95. The highest BCUT2D eigenvalue weighted by Gasteiger charge is 2.26. The Morgan fingerprint density at radius 3 is 2.77 bits per heavy atom. The molecule has 134 valence electrons. The second-order valence-corrected chi connectivity index (χ2v) is 7.51. The zero-order chi connectivity index (χ0) is 17.9. The van der Waals surface area contributed by atoms with E-state index in [0.717, 1.165) is 30.2 Å². The van der Waals surface area contributed by atoms with Crippen molar-refractivity contribution in [2.45, 2.75) is 25.8 Å². The molecule has 1 aliphatic heterocycles. The van der Waals surface area contributed by atoms with Gasteiger partial charge in [-0.15, -0.1) is 0 Å². The number of anilines is 1. The topological polar surface area (TPSA) is 50.2 Å². The Morgan fingerprint density at radius 2 is 2.00 bits per heavy atom. The van der Waals surface area contributed by atoms with Crippen LogP contribution in [0.25, 0.3) is 5.13 Å². The molecule has 0 bridgehead atoms. The normalized spacial score (nSPS) is 16.8. The molecule has 1 aliphatic rings. The number of carbonyl (C=O) groups excluding carboxylic acids is 1. The second-order valence-electron chi connectivity index (χ2n) is 6.54. The van der Waals surface area contributed by atoms with Crippen LogP contribution in [-0.2, 0) is 0 Å². The lowest BCUT2D eigenvalue weighted by Gasteiger charge is -2.27. The summed E-state index contributed by atoms with van der Waals surface area (Å²) in [6.45, 7) is 3.59. The van der Waals surface area contributed by atoms with E-state index in [1.807, 2.05) is 42.1 Å². The average Bonchev–Trinajstić information content (AvgIpc) is 3.40. The lowest BCUT2D eigenvalue weighted by molar-refractivity contribution is 0.0954. The number of amides is 1. The van der Waals surface area contributed by atoms with Crippen molar-refractivity contribution in [2.75, 3.05) is 18.0 Å². The first kappa shape index (κ1) is 16.8. The van der Waals surface area contributed by atoms with Crippen LogP contribution in [0.4, 0.5) is 5.69 Å². The van der Waals surface area contributed by atoms with E-state index in [-0.39, 0.29) is 5.91 Å². The molecule has 1 fully saturated rings. The van der Waals surface area contributed by atoms with E-state index in [9.17, 15) is 4.79 Å². The van der Waals surface area contributed by atoms with Crippen molar-refractivity contribution in [3.05, 3.63) is 65.4 Å². The zero-order valence-corrected chi connectivity index (χ0v) is 15.6. The summed E-state index contributed by atoms with van der Waals surface area (Å²) in [5.41, 5.74) is 2.01. The fraction of sp³-hybridized carbons (Fsp3) is 0.300. The maximum atomic E-state index is 12.7. The number of nitrogens with zero attached hydrogens (tertiary/aromatic N) is 3. The number of benzene rings is 1. The Labute approximate surface area is 157 Å². The van der Waals surface area contributed by atoms with E-state index in [2.05, 4.69) is 39.5 Å². The summed E-state index contributed by atoms with van der Waals surface area (Å²) in [5, 5.41) is 3.94. The Bertz CT molecular complexity index is 873. The van der Waals surface area contributed by atoms with Crippen LogP contribution in [0.1, 0.15) is 28.2 Å². The molecule has 0 spiro atoms. The summed E-state index contributed by atoms with van der Waals surface area (Å²) < 4.78 is 1.93. The van der Waals surface area contributed by atoms with Crippen molar-refractivity contribution in [1.29, 1.82) is 0 Å². The summed E-state index contributed by atoms with van der Waals surface area (Å²) in [6, 6.07) is 14.7. The minimum Gasteiger partial charge on any atom is -0.367 e. The van der Waals surface area contributed by atoms with Crippen LogP contribution in [0, 0.1) is 6.92 Å². The Morgan fingerprint density at radius 1 is 1.23 bits per heavy atom. The molecule has 6 heteroatoms. The van der Waals surface area contributed by atoms with Gasteiger partial charge >= 0.3 is 0 Å². The van der Waals surface area contributed by atoms with Crippen molar-refractivity contribution in [1.82, 2.24) is 14.9 Å². The largest absolute Gasteiger partial charge is 0.367 e. The van der Waals surface area contributed by atoms with Crippen molar-refractivity contribution >= 4 is 22.9 Å². The number of aryl methyl sites for hydroxylation is 1. The maximum Gasteiger partial charge on any atom is 0.263 e. The number of carbonyl (C=O) groups is 1. The molecule has 0 radical (unpaired) electrons. The molecular formula is C20H22N4OS. The molecule has 26 heavy (non-hydrogen) atoms. The molecule has 1 aromatic carbocycles. The molecule has 1 amide bonds. The SMILES string of the molecule is Cc1nc(-n2cccc2)sc1C(=O)NC[C@@H]1CCCN1c1ccccc1. The summed E-state index contributed by atoms with van der Waals surface area (Å²) in [6.07, 6.45) is 6.14. The van der Waals surface area contributed by atoms with E-state index in [1.165, 1.54) is 17.0 Å². The fourth-order valence-corrected chi connectivity index (χ4v) is 4.41. The predicted molar refractivity (Wildman–Crippen MR) is 105 cm³/mol. The van der Waals surface area contributed by atoms with Crippen molar-refractivity contribution in [3.63, 3.8) is 0 Å². The van der Waals surface area contributed by atoms with Gasteiger partial charge in [0.05, 0.1) is 5.69 Å². The number of hydrogen-bond donors (Lipinski definition) is 1. The first-order chi connectivity index (χ1) is 12.7. The second kappa shape index (κ2) is 7.33. The van der Waals surface area contributed by atoms with Gasteiger partial charge in [0.25, 0.3) is 5.91 Å². The molecule has 1 atom stereocenters. The van der Waals surface area contributed by atoms with E-state index in [0.29, 0.717) is 17.5 Å². The molecule has 3 heterocycles. The fourth-order valence-electron chi connectivity index (χ4n) is 3.46. The molecule has 5 nitrogen and oxygen atoms in total. The quantitative estimate of drug-likeness (QED) is 0.750. The third kappa shape index (κ3) is 3.37. The molecular weight excluding hydrogens is 344 g/mol. The summed E-state index contributed by atoms with van der Waals surface area (Å²) in [4.78, 5) is 20.3. The minimum atomic E-state index is -0.0293. The molecule has 0 saturated carbocycles. The van der Waals surface area contributed by atoms with Crippen molar-refractivity contribution in [3.8, 4) is 5.13 Å². The van der Waals surface area contributed by atoms with Gasteiger partial charge in [-0.1, -0.05) is 29.5 Å². The number of thiazole rings is 1. The van der Waals surface area contributed by atoms with E-state index in [1.54, 1.807) is 0 Å². The van der Waals surface area contributed by atoms with Gasteiger partial charge < -0.3 is 14.8 Å². The highest BCUT2D eigenvalue weighted by Crippen LogP contribution is 2.25. The first-order valence-corrected chi connectivity index (χ1v) is 9.74. The average molecular weight is 366 g/mol. The Kier molecular flexibility index (Phi) is 4.75. The van der Waals surface area contributed by atoms with Gasteiger partial charge in [0, 0.05) is 37.2 Å². The van der Waals surface area contributed by atoms with E-state index >= 15 is 0 Å². The molecule has 1 saturated heterocycles. The van der Waals surface area contributed by atoms with Gasteiger partial charge in [0.1, 0.15) is 4.88 Å². The van der Waals surface area contributed by atoms with Crippen LogP contribution in [0.15, 0.2) is 54.9 Å². The number of aromatic nitrogens is 2. The van der Waals surface area contributed by atoms with Crippen LogP contribution in [0.3, 0.4) is 0 Å². The smallest absolute Gasteiger partial charge is 0.263 e. The number of rotatable bonds is 5. The third-order valence-electron chi connectivity index (χ3n) is 4.78. The van der Waals surface area contributed by atoms with Gasteiger partial charge in [0.2, 0.25) is 0 Å². The van der Waals surface area contributed by atoms with Crippen LogP contribution in [0.2, 0.25) is 0 Å². The lowest BCUT2D eigenvalue weighted by Crippen LogP contribution is -2.40. The predicted octanol–water partition coefficient (Wildman–Crippen LogP) is 3.64. The molecule has 4 rings (SSSR count). The van der Waals surface area contributed by atoms with Gasteiger partial charge in [-0.05, 0) is 44.0 Å². The first-order valence-electron chi connectivity index (χ1n) is 8.93. The zero-order valence-electron chi connectivity index (χ0n) is 14.8. The molecule has 0 aliphatic carbocycles. The Balaban J connectivity index is 1.42. The van der Waals surface area contributed by atoms with Gasteiger partial charge in [-0.2, -0.15) is 0 Å². The minimum absolute atomic E-state index is 0.0293. The number of para-hydroxylation sites is 1. The molecule has 3 aromatic rings. The maximum absolute atomic E-state index is 12.7. The van der Waals surface area contributed by atoms with E-state index < -0.39 is 0 Å². The summed E-state index contributed by atoms with van der Waals surface area (Å²) >= 11 is 1.43. The highest BCUT2D eigenvalue weighted by atomic mass is 32.1. The molecule has 0 unspecified atom stereocenters. The van der Waals surface area contributed by atoms with E-state index in [4.69, 9.17) is 0 Å². The van der Waals surface area contributed by atoms with Gasteiger partial charge in [-0.25, -0.2) is 4.98 Å². The summed E-state index contributed by atoms with van der Waals surface area (Å²) in [7, 11) is 0. The van der Waals surface area contributed by atoms with Gasteiger partial charge in [0.15, 0.2) is 5.13 Å². The molecule has 1 N–H and O–H groups in total. The lowest BCUT2D eigenvalue weighted by atomic mass is 10.2. The van der Waals surface area contributed by atoms with Crippen LogP contribution in [-0.4, -0.2) is 34.6 Å². The summed E-state index contributed by atoms with van der Waals surface area (Å²) in [5.74, 6) is -0.0293.